The fourth-order valence-corrected chi connectivity index (χ4v) is 9.97. The molecule has 0 saturated heterocycles. The van der Waals surface area contributed by atoms with Crippen molar-refractivity contribution in [2.24, 2.45) is 17.8 Å². The first-order valence-electron chi connectivity index (χ1n) is 17.9. The summed E-state index contributed by atoms with van der Waals surface area (Å²) in [5, 5.41) is 0. The highest BCUT2D eigenvalue weighted by Crippen LogP contribution is 2.61. The molecule has 11 rings (SSSR count). The molecule has 0 N–H and O–H groups in total. The second kappa shape index (κ2) is 11.4. The van der Waals surface area contributed by atoms with Gasteiger partial charge in [-0.05, 0) is 114 Å². The van der Waals surface area contributed by atoms with E-state index in [1.807, 2.05) is 12.1 Å². The van der Waals surface area contributed by atoms with E-state index in [4.69, 9.17) is 14.4 Å². The molecule has 3 nitrogen and oxygen atoms in total. The van der Waals surface area contributed by atoms with Crippen LogP contribution >= 0.6 is 0 Å². The summed E-state index contributed by atoms with van der Waals surface area (Å²) in [7, 11) is 0. The number of oxazole rings is 1. The standard InChI is InChI=1S/C46H38N2O/c1-3-9-33(10-4-1)42-24-38(25-43(48-42)34-11-5-2-6-12-34)35-13-7-14-36(22-35)41-18-17-40(44-45(41)49-29-47-44)37-15-8-16-39(23-37)46-26-30-19-31(27-46)21-32(20-30)28-46/h1-18,22-25,29-32H,19-21,26-28H2. The van der Waals surface area contributed by atoms with Gasteiger partial charge in [0.25, 0.3) is 0 Å². The summed E-state index contributed by atoms with van der Waals surface area (Å²) in [6.45, 7) is 0. The Morgan fingerprint density at radius 2 is 1.04 bits per heavy atom. The lowest BCUT2D eigenvalue weighted by molar-refractivity contribution is -0.00516. The minimum absolute atomic E-state index is 0.363. The summed E-state index contributed by atoms with van der Waals surface area (Å²) >= 11 is 0. The third-order valence-corrected chi connectivity index (χ3v) is 11.8. The zero-order valence-electron chi connectivity index (χ0n) is 27.6. The number of rotatable bonds is 6. The third-order valence-electron chi connectivity index (χ3n) is 11.8. The minimum atomic E-state index is 0.363. The van der Waals surface area contributed by atoms with E-state index in [0.29, 0.717) is 5.41 Å². The Labute approximate surface area is 287 Å². The molecular weight excluding hydrogens is 597 g/mol. The minimum Gasteiger partial charge on any atom is -0.443 e. The maximum absolute atomic E-state index is 6.17. The summed E-state index contributed by atoms with van der Waals surface area (Å²) in [4.78, 5) is 9.89. The predicted octanol–water partition coefficient (Wildman–Crippen LogP) is 12.0. The Morgan fingerprint density at radius 3 is 1.69 bits per heavy atom. The van der Waals surface area contributed by atoms with Gasteiger partial charge in [0.15, 0.2) is 12.0 Å². The lowest BCUT2D eigenvalue weighted by atomic mass is 9.48. The Kier molecular flexibility index (Phi) is 6.69. The molecule has 3 heteroatoms. The number of nitrogens with zero attached hydrogens (tertiary/aromatic N) is 2. The van der Waals surface area contributed by atoms with Gasteiger partial charge in [0.05, 0.1) is 11.4 Å². The van der Waals surface area contributed by atoms with Crippen molar-refractivity contribution in [2.75, 3.05) is 0 Å². The molecule has 238 valence electrons. The molecule has 0 spiro atoms. The van der Waals surface area contributed by atoms with Gasteiger partial charge in [-0.25, -0.2) is 9.97 Å². The molecule has 4 fully saturated rings. The zero-order chi connectivity index (χ0) is 32.4. The van der Waals surface area contributed by atoms with Crippen LogP contribution in [-0.2, 0) is 5.41 Å². The predicted molar refractivity (Wildman–Crippen MR) is 199 cm³/mol. The molecule has 0 atom stereocenters. The zero-order valence-corrected chi connectivity index (χ0v) is 27.6. The number of hydrogen-bond acceptors (Lipinski definition) is 3. The summed E-state index contributed by atoms with van der Waals surface area (Å²) < 4.78 is 6.17. The summed E-state index contributed by atoms with van der Waals surface area (Å²) in [5.74, 6) is 2.78. The van der Waals surface area contributed by atoms with Crippen molar-refractivity contribution in [3.05, 3.63) is 145 Å². The fraction of sp³-hybridized carbons (Fsp3) is 0.217. The summed E-state index contributed by atoms with van der Waals surface area (Å²) in [5.41, 5.74) is 14.6. The van der Waals surface area contributed by atoms with E-state index in [9.17, 15) is 0 Å². The van der Waals surface area contributed by atoms with Crippen molar-refractivity contribution in [1.82, 2.24) is 9.97 Å². The highest BCUT2D eigenvalue weighted by Gasteiger charge is 2.51. The molecule has 0 amide bonds. The Bertz CT molecular complexity index is 2230. The second-order valence-electron chi connectivity index (χ2n) is 14.9. The normalized spacial score (nSPS) is 22.5. The smallest absolute Gasteiger partial charge is 0.182 e. The van der Waals surface area contributed by atoms with E-state index in [0.717, 1.165) is 79.2 Å². The molecule has 0 aliphatic heterocycles. The highest BCUT2D eigenvalue weighted by atomic mass is 16.3. The quantitative estimate of drug-likeness (QED) is 0.183. The van der Waals surface area contributed by atoms with Crippen LogP contribution in [0.25, 0.3) is 67.0 Å². The van der Waals surface area contributed by atoms with E-state index in [-0.39, 0.29) is 0 Å². The van der Waals surface area contributed by atoms with Crippen molar-refractivity contribution in [1.29, 1.82) is 0 Å². The van der Waals surface area contributed by atoms with Gasteiger partial charge in [0.2, 0.25) is 0 Å². The van der Waals surface area contributed by atoms with Crippen LogP contribution in [-0.4, -0.2) is 9.97 Å². The van der Waals surface area contributed by atoms with Crippen molar-refractivity contribution in [3.8, 4) is 55.9 Å². The Balaban J connectivity index is 1.03. The van der Waals surface area contributed by atoms with E-state index in [1.54, 1.807) is 12.0 Å². The van der Waals surface area contributed by atoms with Crippen LogP contribution in [0, 0.1) is 17.8 Å². The van der Waals surface area contributed by atoms with Crippen LogP contribution < -0.4 is 0 Å². The molecule has 4 bridgehead atoms. The number of hydrogen-bond donors (Lipinski definition) is 0. The monoisotopic (exact) mass is 634 g/mol. The maximum atomic E-state index is 6.17. The topological polar surface area (TPSA) is 38.9 Å². The average molecular weight is 635 g/mol. The van der Waals surface area contributed by atoms with Crippen molar-refractivity contribution in [2.45, 2.75) is 43.9 Å². The lowest BCUT2D eigenvalue weighted by Crippen LogP contribution is -2.48. The highest BCUT2D eigenvalue weighted by molar-refractivity contribution is 6.00. The molecule has 0 radical (unpaired) electrons. The lowest BCUT2D eigenvalue weighted by Gasteiger charge is -2.57. The molecule has 2 aromatic heterocycles. The molecular formula is C46H38N2O. The summed E-state index contributed by atoms with van der Waals surface area (Å²) in [6.07, 6.45) is 10.1. The van der Waals surface area contributed by atoms with E-state index in [1.165, 1.54) is 44.1 Å². The molecule has 5 aromatic carbocycles. The van der Waals surface area contributed by atoms with Gasteiger partial charge < -0.3 is 4.42 Å². The second-order valence-corrected chi connectivity index (χ2v) is 14.9. The van der Waals surface area contributed by atoms with Gasteiger partial charge in [0.1, 0.15) is 5.52 Å². The summed E-state index contributed by atoms with van der Waals surface area (Å²) in [6, 6.07) is 47.9. The largest absolute Gasteiger partial charge is 0.443 e. The number of benzene rings is 5. The van der Waals surface area contributed by atoms with Crippen molar-refractivity contribution < 1.29 is 4.42 Å². The molecule has 2 heterocycles. The Hall–Kier alpha value is -5.28. The SMILES string of the molecule is c1ccc(-c2cc(-c3cccc(-c4ccc(-c5cccc(C67CC8CC(CC(C8)C6)C7)c5)c5ncoc45)c3)cc(-c3ccccc3)n2)cc1. The van der Waals surface area contributed by atoms with Crippen LogP contribution in [0.4, 0.5) is 0 Å². The van der Waals surface area contributed by atoms with E-state index in [2.05, 4.69) is 121 Å². The Morgan fingerprint density at radius 1 is 0.490 bits per heavy atom. The molecule has 0 unspecified atom stereocenters. The van der Waals surface area contributed by atoms with Crippen molar-refractivity contribution >= 4 is 11.1 Å². The van der Waals surface area contributed by atoms with E-state index >= 15 is 0 Å². The number of aromatic nitrogens is 2. The van der Waals surface area contributed by atoms with Crippen LogP contribution in [0.15, 0.2) is 144 Å². The van der Waals surface area contributed by atoms with Gasteiger partial charge in [-0.1, -0.05) is 109 Å². The number of pyridine rings is 1. The first-order valence-corrected chi connectivity index (χ1v) is 17.9. The third kappa shape index (κ3) is 5.03. The van der Waals surface area contributed by atoms with Crippen molar-refractivity contribution in [3.63, 3.8) is 0 Å². The maximum Gasteiger partial charge on any atom is 0.182 e. The van der Waals surface area contributed by atoms with Crippen LogP contribution in [0.2, 0.25) is 0 Å². The van der Waals surface area contributed by atoms with E-state index < -0.39 is 0 Å². The van der Waals surface area contributed by atoms with Crippen LogP contribution in [0.5, 0.6) is 0 Å². The molecule has 4 saturated carbocycles. The first kappa shape index (κ1) is 28.7. The van der Waals surface area contributed by atoms with Crippen LogP contribution in [0.3, 0.4) is 0 Å². The fourth-order valence-electron chi connectivity index (χ4n) is 9.97. The van der Waals surface area contributed by atoms with Gasteiger partial charge in [-0.15, -0.1) is 0 Å². The van der Waals surface area contributed by atoms with Gasteiger partial charge in [-0.2, -0.15) is 0 Å². The molecule has 4 aliphatic rings. The van der Waals surface area contributed by atoms with Gasteiger partial charge >= 0.3 is 0 Å². The van der Waals surface area contributed by atoms with Gasteiger partial charge in [-0.3, -0.25) is 0 Å². The average Bonchev–Trinajstić information content (AvgIpc) is 3.65. The molecule has 4 aliphatic carbocycles. The first-order chi connectivity index (χ1) is 24.2. The molecule has 7 aromatic rings. The molecule has 49 heavy (non-hydrogen) atoms. The van der Waals surface area contributed by atoms with Crippen LogP contribution in [0.1, 0.15) is 44.1 Å². The number of fused-ring (bicyclic) bond motifs is 1. The van der Waals surface area contributed by atoms with Gasteiger partial charge in [0, 0.05) is 22.3 Å².